The van der Waals surface area contributed by atoms with Gasteiger partial charge in [0.1, 0.15) is 5.75 Å². The van der Waals surface area contributed by atoms with Gasteiger partial charge >= 0.3 is 0 Å². The van der Waals surface area contributed by atoms with Crippen molar-refractivity contribution in [1.82, 2.24) is 0 Å². The van der Waals surface area contributed by atoms with Gasteiger partial charge in [0.05, 0.1) is 0 Å². The Balaban J connectivity index is 1.98. The van der Waals surface area contributed by atoms with Gasteiger partial charge < -0.3 is 10.1 Å². The number of anilines is 1. The van der Waals surface area contributed by atoms with Crippen LogP contribution in [0.3, 0.4) is 0 Å². The Kier molecular flexibility index (Phi) is 5.22. The van der Waals surface area contributed by atoms with Gasteiger partial charge in [-0.1, -0.05) is 6.07 Å². The topological polar surface area (TPSA) is 38.3 Å². The lowest BCUT2D eigenvalue weighted by atomic mass is 10.1. The standard InChI is InChI=1S/C17H18INO2/c1-11-4-9-16(10-12(11)2)21-13(3)17(20)19-15-7-5-14(18)6-8-15/h4-10,13H,1-3H3,(H,19,20)/t13-/m1/s1. The Labute approximate surface area is 138 Å². The minimum Gasteiger partial charge on any atom is -0.481 e. The fourth-order valence-corrected chi connectivity index (χ4v) is 2.18. The number of amides is 1. The van der Waals surface area contributed by atoms with Gasteiger partial charge in [0.2, 0.25) is 0 Å². The van der Waals surface area contributed by atoms with E-state index in [0.717, 1.165) is 14.8 Å². The van der Waals surface area contributed by atoms with Crippen LogP contribution in [-0.2, 0) is 4.79 Å². The van der Waals surface area contributed by atoms with Crippen molar-refractivity contribution in [3.63, 3.8) is 0 Å². The summed E-state index contributed by atoms with van der Waals surface area (Å²) in [5.41, 5.74) is 3.13. The molecule has 3 nitrogen and oxygen atoms in total. The van der Waals surface area contributed by atoms with Crippen LogP contribution in [0, 0.1) is 17.4 Å². The lowest BCUT2D eigenvalue weighted by Crippen LogP contribution is -2.30. The second-order valence-electron chi connectivity index (χ2n) is 5.00. The zero-order chi connectivity index (χ0) is 15.4. The van der Waals surface area contributed by atoms with Gasteiger partial charge in [-0.15, -0.1) is 0 Å². The third-order valence-corrected chi connectivity index (χ3v) is 3.99. The first-order chi connectivity index (χ1) is 9.95. The molecular formula is C17H18INO2. The van der Waals surface area contributed by atoms with Crippen LogP contribution in [0.25, 0.3) is 0 Å². The molecule has 0 spiro atoms. The van der Waals surface area contributed by atoms with Gasteiger partial charge in [-0.3, -0.25) is 4.79 Å². The number of benzene rings is 2. The van der Waals surface area contributed by atoms with Crippen LogP contribution in [0.15, 0.2) is 42.5 Å². The highest BCUT2D eigenvalue weighted by Crippen LogP contribution is 2.18. The van der Waals surface area contributed by atoms with Gasteiger partial charge in [-0.2, -0.15) is 0 Å². The fourth-order valence-electron chi connectivity index (χ4n) is 1.82. The third kappa shape index (κ3) is 4.46. The van der Waals surface area contributed by atoms with Gasteiger partial charge in [0, 0.05) is 9.26 Å². The highest BCUT2D eigenvalue weighted by atomic mass is 127. The number of ether oxygens (including phenoxy) is 1. The molecule has 0 aliphatic heterocycles. The van der Waals surface area contributed by atoms with Crippen LogP contribution < -0.4 is 10.1 Å². The largest absolute Gasteiger partial charge is 0.481 e. The average Bonchev–Trinajstić information content (AvgIpc) is 2.45. The molecule has 1 N–H and O–H groups in total. The molecule has 0 heterocycles. The van der Waals surface area contributed by atoms with Gasteiger partial charge in [-0.05, 0) is 90.9 Å². The van der Waals surface area contributed by atoms with Crippen LogP contribution >= 0.6 is 22.6 Å². The summed E-state index contributed by atoms with van der Waals surface area (Å²) in [5, 5.41) is 2.85. The van der Waals surface area contributed by atoms with Crippen molar-refractivity contribution in [2.24, 2.45) is 0 Å². The fraction of sp³-hybridized carbons (Fsp3) is 0.235. The van der Waals surface area contributed by atoms with Crippen molar-refractivity contribution in [3.8, 4) is 5.75 Å². The van der Waals surface area contributed by atoms with Crippen molar-refractivity contribution in [3.05, 3.63) is 57.2 Å². The molecule has 0 aliphatic carbocycles. The zero-order valence-corrected chi connectivity index (χ0v) is 14.5. The Morgan fingerprint density at radius 1 is 1.10 bits per heavy atom. The molecule has 0 bridgehead atoms. The van der Waals surface area contributed by atoms with Crippen molar-refractivity contribution in [1.29, 1.82) is 0 Å². The molecule has 0 aliphatic rings. The summed E-state index contributed by atoms with van der Waals surface area (Å²) < 4.78 is 6.82. The predicted octanol–water partition coefficient (Wildman–Crippen LogP) is 4.31. The maximum absolute atomic E-state index is 12.1. The van der Waals surface area contributed by atoms with Crippen molar-refractivity contribution >= 4 is 34.2 Å². The molecule has 2 aromatic carbocycles. The summed E-state index contributed by atoms with van der Waals surface area (Å²) in [6.45, 7) is 5.82. The van der Waals surface area contributed by atoms with E-state index in [1.54, 1.807) is 6.92 Å². The molecule has 21 heavy (non-hydrogen) atoms. The molecular weight excluding hydrogens is 377 g/mol. The number of carbonyl (C=O) groups is 1. The number of hydrogen-bond donors (Lipinski definition) is 1. The second-order valence-corrected chi connectivity index (χ2v) is 6.25. The molecule has 110 valence electrons. The monoisotopic (exact) mass is 395 g/mol. The number of carbonyl (C=O) groups excluding carboxylic acids is 1. The lowest BCUT2D eigenvalue weighted by molar-refractivity contribution is -0.122. The third-order valence-electron chi connectivity index (χ3n) is 3.27. The minimum absolute atomic E-state index is 0.158. The summed E-state index contributed by atoms with van der Waals surface area (Å²) in [5.74, 6) is 0.554. The van der Waals surface area contributed by atoms with Crippen LogP contribution in [0.2, 0.25) is 0 Å². The molecule has 0 radical (unpaired) electrons. The molecule has 0 saturated carbocycles. The molecule has 0 saturated heterocycles. The summed E-state index contributed by atoms with van der Waals surface area (Å²) in [6.07, 6.45) is -0.550. The van der Waals surface area contributed by atoms with Crippen molar-refractivity contribution in [2.45, 2.75) is 26.9 Å². The highest BCUT2D eigenvalue weighted by molar-refractivity contribution is 14.1. The molecule has 1 atom stereocenters. The number of aryl methyl sites for hydroxylation is 2. The van der Waals surface area contributed by atoms with Gasteiger partial charge in [0.15, 0.2) is 6.10 Å². The Hall–Kier alpha value is -1.56. The normalized spacial score (nSPS) is 11.8. The molecule has 0 unspecified atom stereocenters. The van der Waals surface area contributed by atoms with Crippen LogP contribution in [0.1, 0.15) is 18.1 Å². The van der Waals surface area contributed by atoms with E-state index < -0.39 is 6.10 Å². The van der Waals surface area contributed by atoms with Crippen LogP contribution in [-0.4, -0.2) is 12.0 Å². The maximum atomic E-state index is 12.1. The lowest BCUT2D eigenvalue weighted by Gasteiger charge is -2.15. The van der Waals surface area contributed by atoms with Gasteiger partial charge in [-0.25, -0.2) is 0 Å². The molecule has 1 amide bonds. The molecule has 2 aromatic rings. The maximum Gasteiger partial charge on any atom is 0.265 e. The van der Waals surface area contributed by atoms with E-state index in [1.165, 1.54) is 5.56 Å². The summed E-state index contributed by atoms with van der Waals surface area (Å²) in [4.78, 5) is 12.1. The molecule has 0 fully saturated rings. The second kappa shape index (κ2) is 6.93. The number of rotatable bonds is 4. The van der Waals surface area contributed by atoms with E-state index >= 15 is 0 Å². The summed E-state index contributed by atoms with van der Waals surface area (Å²) in [7, 11) is 0. The van der Waals surface area contributed by atoms with E-state index in [-0.39, 0.29) is 5.91 Å². The average molecular weight is 395 g/mol. The molecule has 0 aromatic heterocycles. The summed E-state index contributed by atoms with van der Waals surface area (Å²) in [6, 6.07) is 13.5. The number of hydrogen-bond acceptors (Lipinski definition) is 2. The van der Waals surface area contributed by atoms with E-state index in [2.05, 4.69) is 27.9 Å². The molecule has 4 heteroatoms. The Bertz CT molecular complexity index is 638. The van der Waals surface area contributed by atoms with Crippen molar-refractivity contribution < 1.29 is 9.53 Å². The summed E-state index contributed by atoms with van der Waals surface area (Å²) >= 11 is 2.23. The van der Waals surface area contributed by atoms with E-state index in [0.29, 0.717) is 5.75 Å². The Morgan fingerprint density at radius 2 is 1.76 bits per heavy atom. The smallest absolute Gasteiger partial charge is 0.265 e. The number of nitrogens with one attached hydrogen (secondary N) is 1. The zero-order valence-electron chi connectivity index (χ0n) is 12.3. The SMILES string of the molecule is Cc1ccc(O[C@H](C)C(=O)Nc2ccc(I)cc2)cc1C. The van der Waals surface area contributed by atoms with E-state index in [4.69, 9.17) is 4.74 Å². The van der Waals surface area contributed by atoms with Crippen LogP contribution in [0.5, 0.6) is 5.75 Å². The van der Waals surface area contributed by atoms with Crippen LogP contribution in [0.4, 0.5) is 5.69 Å². The highest BCUT2D eigenvalue weighted by Gasteiger charge is 2.15. The first-order valence-corrected chi connectivity index (χ1v) is 7.84. The quantitative estimate of drug-likeness (QED) is 0.784. The van der Waals surface area contributed by atoms with Gasteiger partial charge in [0.25, 0.3) is 5.91 Å². The molecule has 2 rings (SSSR count). The van der Waals surface area contributed by atoms with Crippen molar-refractivity contribution in [2.75, 3.05) is 5.32 Å². The number of halogens is 1. The minimum atomic E-state index is -0.550. The predicted molar refractivity (Wildman–Crippen MR) is 93.8 cm³/mol. The van der Waals surface area contributed by atoms with E-state index in [1.807, 2.05) is 56.3 Å². The first kappa shape index (κ1) is 15.8. The van der Waals surface area contributed by atoms with E-state index in [9.17, 15) is 4.79 Å². The first-order valence-electron chi connectivity index (χ1n) is 6.76. The Morgan fingerprint density at radius 3 is 2.38 bits per heavy atom.